The summed E-state index contributed by atoms with van der Waals surface area (Å²) in [6.45, 7) is 3.75. The quantitative estimate of drug-likeness (QED) is 0.804. The fraction of sp³-hybridized carbons (Fsp3) is 0.385. The molecule has 0 saturated heterocycles. The van der Waals surface area contributed by atoms with Crippen molar-refractivity contribution in [1.29, 1.82) is 0 Å². The fourth-order valence-electron chi connectivity index (χ4n) is 1.66. The fourth-order valence-corrected chi connectivity index (χ4v) is 2.18. The van der Waals surface area contributed by atoms with E-state index in [2.05, 4.69) is 33.9 Å². The van der Waals surface area contributed by atoms with Gasteiger partial charge >= 0.3 is 0 Å². The predicted octanol–water partition coefficient (Wildman–Crippen LogP) is 3.68. The van der Waals surface area contributed by atoms with Gasteiger partial charge in [-0.1, -0.05) is 22.0 Å². The monoisotopic (exact) mass is 283 g/mol. The molecule has 1 aromatic carbocycles. The average Bonchev–Trinajstić information content (AvgIpc) is 2.32. The smallest absolute Gasteiger partial charge is 0.119 e. The first-order valence-electron chi connectivity index (χ1n) is 5.34. The summed E-state index contributed by atoms with van der Waals surface area (Å²) in [6, 6.07) is 6.36. The van der Waals surface area contributed by atoms with E-state index in [1.807, 2.05) is 25.3 Å². The van der Waals surface area contributed by atoms with Gasteiger partial charge in [0.15, 0.2) is 0 Å². The number of hydrogen-bond donors (Lipinski definition) is 1. The number of methoxy groups -OCH3 is 1. The normalized spacial score (nSPS) is 12.2. The molecule has 1 atom stereocenters. The Balaban J connectivity index is 2.93. The van der Waals surface area contributed by atoms with E-state index in [1.54, 1.807) is 7.11 Å². The first kappa shape index (κ1) is 13.3. The Kier molecular flexibility index (Phi) is 5.56. The van der Waals surface area contributed by atoms with Crippen molar-refractivity contribution in [2.45, 2.75) is 18.9 Å². The molecular weight excluding hydrogens is 266 g/mol. The maximum absolute atomic E-state index is 5.24. The molecule has 0 aromatic heterocycles. The number of ether oxygens (including phenoxy) is 1. The molecule has 0 amide bonds. The Morgan fingerprint density at radius 2 is 2.31 bits per heavy atom. The first-order valence-corrected chi connectivity index (χ1v) is 6.13. The van der Waals surface area contributed by atoms with Crippen molar-refractivity contribution in [3.8, 4) is 5.75 Å². The van der Waals surface area contributed by atoms with Gasteiger partial charge in [-0.05, 0) is 43.7 Å². The lowest BCUT2D eigenvalue weighted by molar-refractivity contribution is 0.412. The van der Waals surface area contributed by atoms with Gasteiger partial charge in [0.2, 0.25) is 0 Å². The highest BCUT2D eigenvalue weighted by Gasteiger charge is 2.12. The molecule has 0 bridgehead atoms. The minimum absolute atomic E-state index is 0.322. The zero-order valence-electron chi connectivity index (χ0n) is 9.79. The highest BCUT2D eigenvalue weighted by molar-refractivity contribution is 9.10. The third-order valence-corrected chi connectivity index (χ3v) is 3.31. The Labute approximate surface area is 106 Å². The van der Waals surface area contributed by atoms with Crippen molar-refractivity contribution in [2.24, 2.45) is 0 Å². The second kappa shape index (κ2) is 6.71. The van der Waals surface area contributed by atoms with Crippen LogP contribution >= 0.6 is 15.9 Å². The van der Waals surface area contributed by atoms with Crippen LogP contribution in [0.25, 0.3) is 0 Å². The van der Waals surface area contributed by atoms with Crippen molar-refractivity contribution in [3.05, 3.63) is 40.9 Å². The lowest BCUT2D eigenvalue weighted by Crippen LogP contribution is -2.16. The molecule has 0 fully saturated rings. The standard InChI is InChI=1S/C13H18BrNO/c1-4-5-6-13(15-2)11-9-10(16-3)7-8-12(11)14/h4,7-9,13,15H,1,5-6H2,2-3H3. The number of benzene rings is 1. The minimum atomic E-state index is 0.322. The molecule has 0 saturated carbocycles. The summed E-state index contributed by atoms with van der Waals surface area (Å²) in [5.74, 6) is 0.886. The van der Waals surface area contributed by atoms with E-state index < -0.39 is 0 Å². The lowest BCUT2D eigenvalue weighted by Gasteiger charge is -2.18. The SMILES string of the molecule is C=CCCC(NC)c1cc(OC)ccc1Br. The maximum atomic E-state index is 5.24. The molecule has 1 unspecified atom stereocenters. The summed E-state index contributed by atoms with van der Waals surface area (Å²) in [5, 5.41) is 3.31. The number of halogens is 1. The second-order valence-corrected chi connectivity index (χ2v) is 4.45. The average molecular weight is 284 g/mol. The first-order chi connectivity index (χ1) is 7.72. The highest BCUT2D eigenvalue weighted by atomic mass is 79.9. The molecule has 1 N–H and O–H groups in total. The van der Waals surface area contributed by atoms with Crippen molar-refractivity contribution >= 4 is 15.9 Å². The molecule has 1 aromatic rings. The number of hydrogen-bond acceptors (Lipinski definition) is 2. The van der Waals surface area contributed by atoms with E-state index in [1.165, 1.54) is 5.56 Å². The van der Waals surface area contributed by atoms with Gasteiger partial charge in [-0.15, -0.1) is 6.58 Å². The van der Waals surface area contributed by atoms with Crippen LogP contribution in [-0.2, 0) is 0 Å². The van der Waals surface area contributed by atoms with Crippen LogP contribution in [0, 0.1) is 0 Å². The van der Waals surface area contributed by atoms with Gasteiger partial charge in [0, 0.05) is 10.5 Å². The molecule has 0 heterocycles. The largest absolute Gasteiger partial charge is 0.497 e. The molecule has 2 nitrogen and oxygen atoms in total. The van der Waals surface area contributed by atoms with Crippen LogP contribution in [0.15, 0.2) is 35.3 Å². The van der Waals surface area contributed by atoms with Crippen molar-refractivity contribution in [3.63, 3.8) is 0 Å². The van der Waals surface area contributed by atoms with Crippen LogP contribution < -0.4 is 10.1 Å². The molecule has 3 heteroatoms. The molecular formula is C13H18BrNO. The van der Waals surface area contributed by atoms with Crippen molar-refractivity contribution in [1.82, 2.24) is 5.32 Å². The van der Waals surface area contributed by atoms with Gasteiger partial charge in [-0.2, -0.15) is 0 Å². The van der Waals surface area contributed by atoms with Gasteiger partial charge in [-0.3, -0.25) is 0 Å². The Morgan fingerprint density at radius 3 is 2.88 bits per heavy atom. The molecule has 0 radical (unpaired) electrons. The zero-order chi connectivity index (χ0) is 12.0. The van der Waals surface area contributed by atoms with E-state index in [4.69, 9.17) is 4.74 Å². The van der Waals surface area contributed by atoms with Gasteiger partial charge in [0.1, 0.15) is 5.75 Å². The van der Waals surface area contributed by atoms with E-state index in [9.17, 15) is 0 Å². The van der Waals surface area contributed by atoms with Crippen LogP contribution in [0.3, 0.4) is 0 Å². The van der Waals surface area contributed by atoms with Crippen LogP contribution in [0.1, 0.15) is 24.4 Å². The predicted molar refractivity (Wildman–Crippen MR) is 71.9 cm³/mol. The van der Waals surface area contributed by atoms with E-state index in [0.717, 1.165) is 23.1 Å². The molecule has 88 valence electrons. The third kappa shape index (κ3) is 3.35. The molecule has 0 aliphatic carbocycles. The summed E-state index contributed by atoms with van der Waals surface area (Å²) in [5.41, 5.74) is 1.23. The highest BCUT2D eigenvalue weighted by Crippen LogP contribution is 2.29. The summed E-state index contributed by atoms with van der Waals surface area (Å²) in [7, 11) is 3.66. The lowest BCUT2D eigenvalue weighted by atomic mass is 10.0. The van der Waals surface area contributed by atoms with E-state index >= 15 is 0 Å². The van der Waals surface area contributed by atoms with Crippen LogP contribution in [0.4, 0.5) is 0 Å². The summed E-state index contributed by atoms with van der Waals surface area (Å²) in [6.07, 6.45) is 3.97. The summed E-state index contributed by atoms with van der Waals surface area (Å²) < 4.78 is 6.35. The molecule has 16 heavy (non-hydrogen) atoms. The van der Waals surface area contributed by atoms with E-state index in [0.29, 0.717) is 6.04 Å². The third-order valence-electron chi connectivity index (χ3n) is 2.59. The second-order valence-electron chi connectivity index (χ2n) is 3.59. The zero-order valence-corrected chi connectivity index (χ0v) is 11.4. The van der Waals surface area contributed by atoms with Crippen LogP contribution in [0.5, 0.6) is 5.75 Å². The Hall–Kier alpha value is -0.800. The Morgan fingerprint density at radius 1 is 1.56 bits per heavy atom. The molecule has 1 rings (SSSR count). The van der Waals surface area contributed by atoms with Crippen LogP contribution in [-0.4, -0.2) is 14.2 Å². The number of rotatable bonds is 6. The Bertz CT molecular complexity index is 352. The van der Waals surface area contributed by atoms with Gasteiger partial charge in [0.05, 0.1) is 7.11 Å². The van der Waals surface area contributed by atoms with Gasteiger partial charge < -0.3 is 10.1 Å². The number of nitrogens with one attached hydrogen (secondary N) is 1. The number of allylic oxidation sites excluding steroid dienone is 1. The van der Waals surface area contributed by atoms with E-state index in [-0.39, 0.29) is 0 Å². The van der Waals surface area contributed by atoms with Crippen molar-refractivity contribution < 1.29 is 4.74 Å². The topological polar surface area (TPSA) is 21.3 Å². The van der Waals surface area contributed by atoms with Gasteiger partial charge in [-0.25, -0.2) is 0 Å². The van der Waals surface area contributed by atoms with Gasteiger partial charge in [0.25, 0.3) is 0 Å². The minimum Gasteiger partial charge on any atom is -0.497 e. The molecule has 0 aliphatic heterocycles. The van der Waals surface area contributed by atoms with Crippen molar-refractivity contribution in [2.75, 3.05) is 14.2 Å². The maximum Gasteiger partial charge on any atom is 0.119 e. The molecule has 0 spiro atoms. The summed E-state index contributed by atoms with van der Waals surface area (Å²) >= 11 is 3.57. The molecule has 0 aliphatic rings. The van der Waals surface area contributed by atoms with Crippen LogP contribution in [0.2, 0.25) is 0 Å². The summed E-state index contributed by atoms with van der Waals surface area (Å²) in [4.78, 5) is 0.